The molecule has 26 heavy (non-hydrogen) atoms. The summed E-state index contributed by atoms with van der Waals surface area (Å²) in [6, 6.07) is 8.87. The van der Waals surface area contributed by atoms with Crippen LogP contribution in [0.15, 0.2) is 47.5 Å². The van der Waals surface area contributed by atoms with Crippen LogP contribution in [0.4, 0.5) is 13.9 Å². The number of hydrogen-bond acceptors (Lipinski definition) is 4. The maximum Gasteiger partial charge on any atom is 0.263 e. The van der Waals surface area contributed by atoms with Crippen LogP contribution in [0.1, 0.15) is 21.6 Å². The highest BCUT2D eigenvalue weighted by atomic mass is 32.2. The van der Waals surface area contributed by atoms with Crippen LogP contribution in [-0.4, -0.2) is 13.4 Å². The van der Waals surface area contributed by atoms with Gasteiger partial charge in [0.15, 0.2) is 16.8 Å². The zero-order valence-corrected chi connectivity index (χ0v) is 15.7. The summed E-state index contributed by atoms with van der Waals surface area (Å²) in [6.07, 6.45) is 1.85. The molecule has 8 heteroatoms. The lowest BCUT2D eigenvalue weighted by atomic mass is 10.1. The van der Waals surface area contributed by atoms with E-state index in [0.717, 1.165) is 33.9 Å². The number of aryl methyl sites for hydroxylation is 2. The van der Waals surface area contributed by atoms with Crippen LogP contribution in [0.5, 0.6) is 0 Å². The number of halogens is 2. The van der Waals surface area contributed by atoms with Gasteiger partial charge in [-0.1, -0.05) is 18.2 Å². The molecule has 0 spiro atoms. The summed E-state index contributed by atoms with van der Waals surface area (Å²) in [4.78, 5) is 5.01. The van der Waals surface area contributed by atoms with E-state index in [4.69, 9.17) is 0 Å². The standard InChI is InChI=1S/C18H16F2N2O2S2/c1-11-3-4-12(2)17(7-11)26(23,24)22-18-21-10-14(25-18)8-13-5-6-15(19)16(20)9-13/h3-7,9-10H,8H2,1-2H3,(H,21,22). The van der Waals surface area contributed by atoms with E-state index in [0.29, 0.717) is 17.5 Å². The Bertz CT molecular complexity index is 1060. The van der Waals surface area contributed by atoms with Crippen molar-refractivity contribution in [2.75, 3.05) is 4.72 Å². The molecule has 3 aromatic rings. The summed E-state index contributed by atoms with van der Waals surface area (Å²) in [5.74, 6) is -1.82. The normalized spacial score (nSPS) is 11.5. The van der Waals surface area contributed by atoms with Gasteiger partial charge >= 0.3 is 0 Å². The zero-order valence-electron chi connectivity index (χ0n) is 14.1. The minimum atomic E-state index is -3.75. The summed E-state index contributed by atoms with van der Waals surface area (Å²) in [6.45, 7) is 3.55. The first kappa shape index (κ1) is 18.5. The van der Waals surface area contributed by atoms with E-state index in [-0.39, 0.29) is 10.0 Å². The average molecular weight is 394 g/mol. The van der Waals surface area contributed by atoms with Crippen molar-refractivity contribution in [2.45, 2.75) is 25.2 Å². The fourth-order valence-electron chi connectivity index (χ4n) is 2.45. The molecule has 2 aromatic carbocycles. The Morgan fingerprint density at radius 1 is 1.08 bits per heavy atom. The minimum absolute atomic E-state index is 0.204. The van der Waals surface area contributed by atoms with Crippen molar-refractivity contribution in [3.05, 3.63) is 75.8 Å². The third kappa shape index (κ3) is 4.08. The highest BCUT2D eigenvalue weighted by Crippen LogP contribution is 2.25. The van der Waals surface area contributed by atoms with Crippen LogP contribution >= 0.6 is 11.3 Å². The predicted octanol–water partition coefficient (Wildman–Crippen LogP) is 4.43. The van der Waals surface area contributed by atoms with Crippen molar-refractivity contribution in [3.63, 3.8) is 0 Å². The van der Waals surface area contributed by atoms with E-state index in [1.807, 2.05) is 13.0 Å². The molecule has 3 rings (SSSR count). The van der Waals surface area contributed by atoms with E-state index < -0.39 is 21.7 Å². The number of rotatable bonds is 5. The van der Waals surface area contributed by atoms with Crippen LogP contribution in [0.2, 0.25) is 0 Å². The second-order valence-corrected chi connectivity index (χ2v) is 8.70. The monoisotopic (exact) mass is 394 g/mol. The Morgan fingerprint density at radius 2 is 1.85 bits per heavy atom. The molecule has 0 bridgehead atoms. The number of thiazole rings is 1. The van der Waals surface area contributed by atoms with E-state index in [1.165, 1.54) is 12.3 Å². The molecular formula is C18H16F2N2O2S2. The molecule has 0 aliphatic rings. The first-order valence-corrected chi connectivity index (χ1v) is 10.0. The number of benzene rings is 2. The number of nitrogens with one attached hydrogen (secondary N) is 1. The Balaban J connectivity index is 1.79. The van der Waals surface area contributed by atoms with Crippen molar-refractivity contribution in [1.82, 2.24) is 4.98 Å². The van der Waals surface area contributed by atoms with Crippen molar-refractivity contribution in [2.24, 2.45) is 0 Å². The van der Waals surface area contributed by atoms with Gasteiger partial charge in [0.2, 0.25) is 0 Å². The second kappa shape index (κ2) is 7.13. The molecule has 0 amide bonds. The summed E-state index contributed by atoms with van der Waals surface area (Å²) in [5, 5.41) is 0.225. The van der Waals surface area contributed by atoms with Gasteiger partial charge in [0.25, 0.3) is 10.0 Å². The molecule has 0 aliphatic carbocycles. The number of hydrogen-bond donors (Lipinski definition) is 1. The molecule has 136 valence electrons. The first-order valence-electron chi connectivity index (χ1n) is 7.73. The van der Waals surface area contributed by atoms with E-state index in [9.17, 15) is 17.2 Å². The summed E-state index contributed by atoms with van der Waals surface area (Å²) < 4.78 is 53.9. The van der Waals surface area contributed by atoms with E-state index in [2.05, 4.69) is 9.71 Å². The molecule has 0 radical (unpaired) electrons. The van der Waals surface area contributed by atoms with Crippen LogP contribution in [0.3, 0.4) is 0 Å². The summed E-state index contributed by atoms with van der Waals surface area (Å²) >= 11 is 1.15. The van der Waals surface area contributed by atoms with Crippen molar-refractivity contribution >= 4 is 26.5 Å². The second-order valence-electron chi connectivity index (χ2n) is 5.93. The van der Waals surface area contributed by atoms with Gasteiger partial charge in [-0.05, 0) is 48.7 Å². The fourth-order valence-corrected chi connectivity index (χ4v) is 4.87. The van der Waals surface area contributed by atoms with Gasteiger partial charge in [-0.15, -0.1) is 11.3 Å². The highest BCUT2D eigenvalue weighted by Gasteiger charge is 2.19. The molecule has 1 heterocycles. The van der Waals surface area contributed by atoms with Crippen molar-refractivity contribution in [1.29, 1.82) is 0 Å². The SMILES string of the molecule is Cc1ccc(C)c(S(=O)(=O)Nc2ncc(Cc3ccc(F)c(F)c3)s2)c1. The number of nitrogens with zero attached hydrogens (tertiary/aromatic N) is 1. The number of anilines is 1. The smallest absolute Gasteiger partial charge is 0.255 e. The third-order valence-electron chi connectivity index (χ3n) is 3.77. The van der Waals surface area contributed by atoms with Crippen LogP contribution in [0, 0.1) is 25.5 Å². The molecule has 0 unspecified atom stereocenters. The fraction of sp³-hybridized carbons (Fsp3) is 0.167. The van der Waals surface area contributed by atoms with Crippen molar-refractivity contribution in [3.8, 4) is 0 Å². The molecule has 0 saturated heterocycles. The summed E-state index contributed by atoms with van der Waals surface area (Å²) in [5.41, 5.74) is 2.06. The average Bonchev–Trinajstić information content (AvgIpc) is 2.99. The Kier molecular flexibility index (Phi) is 5.06. The predicted molar refractivity (Wildman–Crippen MR) is 98.0 cm³/mol. The summed E-state index contributed by atoms with van der Waals surface area (Å²) in [7, 11) is -3.75. The Hall–Kier alpha value is -2.32. The van der Waals surface area contributed by atoms with Crippen molar-refractivity contribution < 1.29 is 17.2 Å². The maximum atomic E-state index is 13.3. The minimum Gasteiger partial charge on any atom is -0.255 e. The van der Waals surface area contributed by atoms with Crippen LogP contribution < -0.4 is 4.72 Å². The molecule has 0 fully saturated rings. The largest absolute Gasteiger partial charge is 0.263 e. The lowest BCUT2D eigenvalue weighted by molar-refractivity contribution is 0.507. The number of aromatic nitrogens is 1. The van der Waals surface area contributed by atoms with Gasteiger partial charge in [-0.25, -0.2) is 22.2 Å². The van der Waals surface area contributed by atoms with Gasteiger partial charge in [0, 0.05) is 17.5 Å². The molecule has 0 atom stereocenters. The Labute approximate surface area is 154 Å². The maximum absolute atomic E-state index is 13.3. The Morgan fingerprint density at radius 3 is 2.58 bits per heavy atom. The molecule has 4 nitrogen and oxygen atoms in total. The van der Waals surface area contributed by atoms with Crippen LogP contribution in [0.25, 0.3) is 0 Å². The quantitative estimate of drug-likeness (QED) is 0.696. The van der Waals surface area contributed by atoms with Gasteiger partial charge in [-0.2, -0.15) is 0 Å². The van der Waals surface area contributed by atoms with Gasteiger partial charge < -0.3 is 0 Å². The lowest BCUT2D eigenvalue weighted by Gasteiger charge is -2.09. The lowest BCUT2D eigenvalue weighted by Crippen LogP contribution is -2.14. The molecule has 1 aromatic heterocycles. The van der Waals surface area contributed by atoms with Gasteiger partial charge in [-0.3, -0.25) is 4.72 Å². The zero-order chi connectivity index (χ0) is 18.9. The molecular weight excluding hydrogens is 378 g/mol. The molecule has 1 N–H and O–H groups in total. The third-order valence-corrected chi connectivity index (χ3v) is 6.29. The highest BCUT2D eigenvalue weighted by molar-refractivity contribution is 7.93. The topological polar surface area (TPSA) is 59.1 Å². The molecule has 0 saturated carbocycles. The first-order chi connectivity index (χ1) is 12.2. The van der Waals surface area contributed by atoms with Gasteiger partial charge in [0.1, 0.15) is 0 Å². The van der Waals surface area contributed by atoms with Crippen LogP contribution in [-0.2, 0) is 16.4 Å². The van der Waals surface area contributed by atoms with E-state index in [1.54, 1.807) is 19.1 Å². The van der Waals surface area contributed by atoms with Gasteiger partial charge in [0.05, 0.1) is 4.90 Å². The van der Waals surface area contributed by atoms with E-state index >= 15 is 0 Å². The molecule has 0 aliphatic heterocycles. The number of sulfonamides is 1.